The van der Waals surface area contributed by atoms with Crippen molar-refractivity contribution in [1.29, 1.82) is 0 Å². The van der Waals surface area contributed by atoms with Crippen LogP contribution in [0.2, 0.25) is 0 Å². The third kappa shape index (κ3) is 3.55. The van der Waals surface area contributed by atoms with Crippen LogP contribution >= 0.6 is 0 Å². The Hall–Kier alpha value is -3.24. The zero-order chi connectivity index (χ0) is 18.4. The molecule has 130 valence electrons. The van der Waals surface area contributed by atoms with E-state index < -0.39 is 11.5 Å². The summed E-state index contributed by atoms with van der Waals surface area (Å²) in [5, 5.41) is 15.5. The lowest BCUT2D eigenvalue weighted by molar-refractivity contribution is -0.136. The molecule has 0 aliphatic carbocycles. The van der Waals surface area contributed by atoms with Gasteiger partial charge in [0.05, 0.1) is 5.71 Å². The number of rotatable bonds is 5. The van der Waals surface area contributed by atoms with E-state index in [-0.39, 0.29) is 0 Å². The van der Waals surface area contributed by atoms with E-state index in [1.54, 1.807) is 55.5 Å². The molecule has 0 heterocycles. The van der Waals surface area contributed by atoms with Crippen molar-refractivity contribution in [3.05, 3.63) is 108 Å². The zero-order valence-electron chi connectivity index (χ0n) is 14.5. The summed E-state index contributed by atoms with van der Waals surface area (Å²) in [5.74, 6) is -0.606. The molecule has 3 rings (SSSR count). The van der Waals surface area contributed by atoms with Crippen molar-refractivity contribution in [2.45, 2.75) is 12.5 Å². The number of hydrazone groups is 1. The first-order valence-corrected chi connectivity index (χ1v) is 8.36. The van der Waals surface area contributed by atoms with E-state index in [9.17, 15) is 9.90 Å². The second-order valence-electron chi connectivity index (χ2n) is 5.95. The van der Waals surface area contributed by atoms with Gasteiger partial charge in [0.2, 0.25) is 0 Å². The minimum absolute atomic E-state index is 0.483. The molecule has 0 saturated heterocycles. The zero-order valence-corrected chi connectivity index (χ0v) is 14.5. The molecule has 4 heteroatoms. The first kappa shape index (κ1) is 17.6. The summed E-state index contributed by atoms with van der Waals surface area (Å²) < 4.78 is 0. The van der Waals surface area contributed by atoms with Gasteiger partial charge in [-0.25, -0.2) is 5.43 Å². The van der Waals surface area contributed by atoms with Gasteiger partial charge in [0, 0.05) is 0 Å². The summed E-state index contributed by atoms with van der Waals surface area (Å²) in [4.78, 5) is 12.9. The number of nitrogens with zero attached hydrogens (tertiary/aromatic N) is 1. The number of aliphatic hydroxyl groups is 1. The van der Waals surface area contributed by atoms with Crippen LogP contribution < -0.4 is 5.43 Å². The Morgan fingerprint density at radius 2 is 1.23 bits per heavy atom. The van der Waals surface area contributed by atoms with Crippen molar-refractivity contribution in [3.8, 4) is 0 Å². The molecule has 0 radical (unpaired) electrons. The molecule has 0 spiro atoms. The first-order valence-electron chi connectivity index (χ1n) is 8.36. The molecule has 1 amide bonds. The minimum atomic E-state index is -1.83. The maximum atomic E-state index is 12.9. The van der Waals surface area contributed by atoms with Crippen LogP contribution in [0.15, 0.2) is 96.1 Å². The lowest BCUT2D eigenvalue weighted by Crippen LogP contribution is -2.43. The van der Waals surface area contributed by atoms with E-state index in [2.05, 4.69) is 10.5 Å². The smallest absolute Gasteiger partial charge is 0.281 e. The Labute approximate surface area is 152 Å². The van der Waals surface area contributed by atoms with Crippen molar-refractivity contribution in [2.24, 2.45) is 5.10 Å². The predicted octanol–water partition coefficient (Wildman–Crippen LogP) is 3.46. The highest BCUT2D eigenvalue weighted by Crippen LogP contribution is 2.29. The molecule has 2 N–H and O–H groups in total. The van der Waals surface area contributed by atoms with Gasteiger partial charge in [-0.2, -0.15) is 5.10 Å². The van der Waals surface area contributed by atoms with Crippen LogP contribution in [-0.2, 0) is 10.4 Å². The van der Waals surface area contributed by atoms with Crippen molar-refractivity contribution < 1.29 is 9.90 Å². The highest BCUT2D eigenvalue weighted by molar-refractivity contribution is 6.00. The van der Waals surface area contributed by atoms with Gasteiger partial charge in [-0.1, -0.05) is 91.0 Å². The van der Waals surface area contributed by atoms with Crippen LogP contribution in [0.3, 0.4) is 0 Å². The Morgan fingerprint density at radius 3 is 1.69 bits per heavy atom. The monoisotopic (exact) mass is 344 g/mol. The maximum Gasteiger partial charge on any atom is 0.281 e. The fraction of sp³-hybridized carbons (Fsp3) is 0.0909. The normalized spacial score (nSPS) is 11.8. The minimum Gasteiger partial charge on any atom is -0.372 e. The number of carbonyl (C=O) groups is 1. The third-order valence-electron chi connectivity index (χ3n) is 4.23. The van der Waals surface area contributed by atoms with Gasteiger partial charge in [-0.05, 0) is 23.6 Å². The predicted molar refractivity (Wildman–Crippen MR) is 103 cm³/mol. The number of hydrogen-bond donors (Lipinski definition) is 2. The first-order chi connectivity index (χ1) is 12.6. The van der Waals surface area contributed by atoms with Crippen molar-refractivity contribution in [3.63, 3.8) is 0 Å². The molecule has 0 aromatic heterocycles. The average molecular weight is 344 g/mol. The molecule has 0 aliphatic heterocycles. The van der Waals surface area contributed by atoms with E-state index in [0.717, 1.165) is 5.56 Å². The standard InChI is InChI=1S/C22H20N2O2/c1-17(18-11-5-2-6-12-18)23-24-21(25)22(26,19-13-7-3-8-14-19)20-15-9-4-10-16-20/h2-16,26H,1H3,(H,24,25)/b23-17-. The van der Waals surface area contributed by atoms with Crippen molar-refractivity contribution in [1.82, 2.24) is 5.43 Å². The number of carbonyl (C=O) groups excluding carboxylic acids is 1. The van der Waals surface area contributed by atoms with E-state index in [1.165, 1.54) is 0 Å². The van der Waals surface area contributed by atoms with Gasteiger partial charge in [0.1, 0.15) is 0 Å². The summed E-state index contributed by atoms with van der Waals surface area (Å²) >= 11 is 0. The van der Waals surface area contributed by atoms with Crippen LogP contribution in [0.1, 0.15) is 23.6 Å². The largest absolute Gasteiger partial charge is 0.372 e. The molecule has 0 fully saturated rings. The molecule has 0 unspecified atom stereocenters. The van der Waals surface area contributed by atoms with Crippen LogP contribution in [0.5, 0.6) is 0 Å². The second-order valence-corrected chi connectivity index (χ2v) is 5.95. The highest BCUT2D eigenvalue weighted by Gasteiger charge is 2.39. The number of hydrogen-bond acceptors (Lipinski definition) is 3. The molecule has 26 heavy (non-hydrogen) atoms. The number of benzene rings is 3. The number of nitrogens with one attached hydrogen (secondary N) is 1. The van der Waals surface area contributed by atoms with E-state index >= 15 is 0 Å². The molecule has 0 saturated carbocycles. The van der Waals surface area contributed by atoms with Gasteiger partial charge in [-0.15, -0.1) is 0 Å². The van der Waals surface area contributed by atoms with E-state index in [0.29, 0.717) is 16.8 Å². The number of amides is 1. The molecular weight excluding hydrogens is 324 g/mol. The topological polar surface area (TPSA) is 61.7 Å². The molecule has 3 aromatic rings. The molecule has 4 nitrogen and oxygen atoms in total. The van der Waals surface area contributed by atoms with Gasteiger partial charge in [0.25, 0.3) is 5.91 Å². The third-order valence-corrected chi connectivity index (χ3v) is 4.23. The Balaban J connectivity index is 1.94. The Kier molecular flexibility index (Phi) is 5.25. The SMILES string of the molecule is C/C(=N/NC(=O)C(O)(c1ccccc1)c1ccccc1)c1ccccc1. The van der Waals surface area contributed by atoms with Crippen LogP contribution in [0, 0.1) is 0 Å². The molecule has 0 bridgehead atoms. The fourth-order valence-electron chi connectivity index (χ4n) is 2.75. The Bertz CT molecular complexity index is 852. The van der Waals surface area contributed by atoms with Crippen molar-refractivity contribution in [2.75, 3.05) is 0 Å². The average Bonchev–Trinajstić information content (AvgIpc) is 2.73. The van der Waals surface area contributed by atoms with Gasteiger partial charge in [-0.3, -0.25) is 4.79 Å². The summed E-state index contributed by atoms with van der Waals surface area (Å²) in [6, 6.07) is 27.3. The lowest BCUT2D eigenvalue weighted by Gasteiger charge is -2.27. The van der Waals surface area contributed by atoms with Crippen molar-refractivity contribution >= 4 is 11.6 Å². The van der Waals surface area contributed by atoms with E-state index in [4.69, 9.17) is 0 Å². The van der Waals surface area contributed by atoms with Crippen LogP contribution in [0.25, 0.3) is 0 Å². The van der Waals surface area contributed by atoms with Crippen LogP contribution in [-0.4, -0.2) is 16.7 Å². The fourth-order valence-corrected chi connectivity index (χ4v) is 2.75. The molecule has 0 aliphatic rings. The van der Waals surface area contributed by atoms with Gasteiger partial charge >= 0.3 is 0 Å². The summed E-state index contributed by atoms with van der Waals surface area (Å²) in [6.45, 7) is 1.81. The lowest BCUT2D eigenvalue weighted by atomic mass is 9.85. The van der Waals surface area contributed by atoms with Gasteiger partial charge in [0.15, 0.2) is 5.60 Å². The van der Waals surface area contributed by atoms with Crippen LogP contribution in [0.4, 0.5) is 0 Å². The molecule has 3 aromatic carbocycles. The van der Waals surface area contributed by atoms with Gasteiger partial charge < -0.3 is 5.11 Å². The summed E-state index contributed by atoms with van der Waals surface area (Å²) in [6.07, 6.45) is 0. The molecular formula is C22H20N2O2. The summed E-state index contributed by atoms with van der Waals surface area (Å²) in [7, 11) is 0. The second kappa shape index (κ2) is 7.76. The quantitative estimate of drug-likeness (QED) is 0.550. The highest BCUT2D eigenvalue weighted by atomic mass is 16.3. The van der Waals surface area contributed by atoms with E-state index in [1.807, 2.05) is 42.5 Å². The molecule has 0 atom stereocenters. The summed E-state index contributed by atoms with van der Waals surface area (Å²) in [5.41, 5.74) is 3.21. The maximum absolute atomic E-state index is 12.9. The Morgan fingerprint density at radius 1 is 0.808 bits per heavy atom.